The third-order valence-corrected chi connectivity index (χ3v) is 5.86. The Bertz CT molecular complexity index is 857. The van der Waals surface area contributed by atoms with Crippen molar-refractivity contribution in [2.75, 3.05) is 6.54 Å². The quantitative estimate of drug-likeness (QED) is 0.562. The van der Waals surface area contributed by atoms with Crippen molar-refractivity contribution in [2.45, 2.75) is 50.0 Å². The van der Waals surface area contributed by atoms with E-state index in [2.05, 4.69) is 17.0 Å². The molecular weight excluding hydrogens is 379 g/mol. The lowest BCUT2D eigenvalue weighted by atomic mass is 10.1. The van der Waals surface area contributed by atoms with Crippen LogP contribution in [0.3, 0.4) is 0 Å². The number of hydrogen-bond donors (Lipinski definition) is 2. The number of carbonyl (C=O) groups is 1. The summed E-state index contributed by atoms with van der Waals surface area (Å²) in [6.07, 6.45) is 4.18. The van der Waals surface area contributed by atoms with Gasteiger partial charge in [0.2, 0.25) is 15.9 Å². The first-order chi connectivity index (χ1) is 13.4. The van der Waals surface area contributed by atoms with Crippen LogP contribution in [0.2, 0.25) is 0 Å². The van der Waals surface area contributed by atoms with Crippen molar-refractivity contribution in [3.8, 4) is 0 Å². The zero-order chi connectivity index (χ0) is 20.4. The molecule has 0 aliphatic carbocycles. The van der Waals surface area contributed by atoms with Crippen LogP contribution in [-0.4, -0.2) is 26.9 Å². The van der Waals surface area contributed by atoms with E-state index in [1.165, 1.54) is 18.2 Å². The largest absolute Gasteiger partial charge is 0.355 e. The minimum atomic E-state index is -4.18. The van der Waals surface area contributed by atoms with Gasteiger partial charge < -0.3 is 5.32 Å². The van der Waals surface area contributed by atoms with Crippen molar-refractivity contribution in [3.63, 3.8) is 0 Å². The highest BCUT2D eigenvalue weighted by atomic mass is 32.2. The van der Waals surface area contributed by atoms with Crippen LogP contribution in [-0.2, 0) is 21.2 Å². The van der Waals surface area contributed by atoms with Gasteiger partial charge in [-0.3, -0.25) is 4.79 Å². The van der Waals surface area contributed by atoms with E-state index in [0.717, 1.165) is 37.3 Å². The molecule has 0 saturated carbocycles. The Morgan fingerprint density at radius 1 is 1.00 bits per heavy atom. The Balaban J connectivity index is 2.13. The molecule has 2 aromatic carbocycles. The van der Waals surface area contributed by atoms with Gasteiger partial charge in [0, 0.05) is 6.54 Å². The Labute approximate surface area is 166 Å². The number of hydrogen-bond acceptors (Lipinski definition) is 3. The Kier molecular flexibility index (Phi) is 8.60. The number of amides is 1. The van der Waals surface area contributed by atoms with Crippen molar-refractivity contribution in [1.29, 1.82) is 0 Å². The van der Waals surface area contributed by atoms with E-state index in [0.29, 0.717) is 6.54 Å². The van der Waals surface area contributed by atoms with Gasteiger partial charge in [0.15, 0.2) is 0 Å². The van der Waals surface area contributed by atoms with Crippen molar-refractivity contribution < 1.29 is 17.6 Å². The van der Waals surface area contributed by atoms with Gasteiger partial charge in [0.25, 0.3) is 0 Å². The number of unbranched alkanes of at least 4 members (excludes halogenated alkanes) is 3. The number of benzene rings is 2. The van der Waals surface area contributed by atoms with E-state index in [1.54, 1.807) is 0 Å². The summed E-state index contributed by atoms with van der Waals surface area (Å²) in [6, 6.07) is 13.2. The monoisotopic (exact) mass is 406 g/mol. The predicted molar refractivity (Wildman–Crippen MR) is 108 cm³/mol. The molecule has 28 heavy (non-hydrogen) atoms. The standard InChI is InChI=1S/C21H27FN2O3S/c1-2-3-4-10-15-23-21(25)19(16-17-11-6-5-7-12-17)24-28(26,27)20-14-9-8-13-18(20)22/h5-9,11-14,19,24H,2-4,10,15-16H2,1H3,(H,23,25). The fourth-order valence-corrected chi connectivity index (χ4v) is 4.11. The predicted octanol–water partition coefficient (Wildman–Crippen LogP) is 3.41. The highest BCUT2D eigenvalue weighted by molar-refractivity contribution is 7.89. The van der Waals surface area contributed by atoms with Gasteiger partial charge in [-0.15, -0.1) is 0 Å². The molecule has 0 heterocycles. The van der Waals surface area contributed by atoms with Crippen LogP contribution < -0.4 is 10.0 Å². The molecule has 0 bridgehead atoms. The van der Waals surface area contributed by atoms with Crippen molar-refractivity contribution in [1.82, 2.24) is 10.0 Å². The summed E-state index contributed by atoms with van der Waals surface area (Å²) in [7, 11) is -4.18. The van der Waals surface area contributed by atoms with Crippen LogP contribution in [0.5, 0.6) is 0 Å². The maximum atomic E-state index is 14.0. The van der Waals surface area contributed by atoms with Crippen LogP contribution >= 0.6 is 0 Å². The summed E-state index contributed by atoms with van der Waals surface area (Å²) in [5.74, 6) is -1.27. The van der Waals surface area contributed by atoms with E-state index in [-0.39, 0.29) is 6.42 Å². The number of sulfonamides is 1. The molecule has 7 heteroatoms. The van der Waals surface area contributed by atoms with Crippen molar-refractivity contribution >= 4 is 15.9 Å². The second-order valence-electron chi connectivity index (χ2n) is 6.65. The third-order valence-electron chi connectivity index (χ3n) is 4.35. The Morgan fingerprint density at radius 2 is 1.68 bits per heavy atom. The van der Waals surface area contributed by atoms with E-state index in [4.69, 9.17) is 0 Å². The first-order valence-corrected chi connectivity index (χ1v) is 11.0. The number of nitrogens with one attached hydrogen (secondary N) is 2. The molecular formula is C21H27FN2O3S. The van der Waals surface area contributed by atoms with Crippen LogP contribution in [0.1, 0.15) is 38.2 Å². The fourth-order valence-electron chi connectivity index (χ4n) is 2.84. The molecule has 2 N–H and O–H groups in total. The summed E-state index contributed by atoms with van der Waals surface area (Å²) in [5, 5.41) is 2.79. The van der Waals surface area contributed by atoms with Crippen molar-refractivity contribution in [2.24, 2.45) is 0 Å². The molecule has 0 aliphatic heterocycles. The SMILES string of the molecule is CCCCCCNC(=O)C(Cc1ccccc1)NS(=O)(=O)c1ccccc1F. The summed E-state index contributed by atoms with van der Waals surface area (Å²) in [5.41, 5.74) is 0.810. The van der Waals surface area contributed by atoms with Gasteiger partial charge in [-0.1, -0.05) is 68.7 Å². The minimum Gasteiger partial charge on any atom is -0.355 e. The summed E-state index contributed by atoms with van der Waals surface area (Å²) >= 11 is 0. The van der Waals surface area contributed by atoms with E-state index < -0.39 is 32.7 Å². The molecule has 1 atom stereocenters. The molecule has 0 aliphatic rings. The third kappa shape index (κ3) is 6.73. The van der Waals surface area contributed by atoms with Crippen molar-refractivity contribution in [3.05, 3.63) is 66.0 Å². The van der Waals surface area contributed by atoms with Gasteiger partial charge in [0.1, 0.15) is 16.8 Å². The zero-order valence-corrected chi connectivity index (χ0v) is 16.8. The molecule has 0 spiro atoms. The summed E-state index contributed by atoms with van der Waals surface area (Å²) in [6.45, 7) is 2.58. The second-order valence-corrected chi connectivity index (χ2v) is 8.33. The molecule has 152 valence electrons. The zero-order valence-electron chi connectivity index (χ0n) is 16.0. The summed E-state index contributed by atoms with van der Waals surface area (Å²) < 4.78 is 41.6. The Morgan fingerprint density at radius 3 is 2.36 bits per heavy atom. The van der Waals surface area contributed by atoms with Crippen LogP contribution in [0.15, 0.2) is 59.5 Å². The molecule has 0 radical (unpaired) electrons. The fraction of sp³-hybridized carbons (Fsp3) is 0.381. The topological polar surface area (TPSA) is 75.3 Å². The average Bonchev–Trinajstić information content (AvgIpc) is 2.68. The highest BCUT2D eigenvalue weighted by Crippen LogP contribution is 2.15. The molecule has 0 aromatic heterocycles. The van der Waals surface area contributed by atoms with E-state index in [9.17, 15) is 17.6 Å². The Hall–Kier alpha value is -2.25. The van der Waals surface area contributed by atoms with E-state index >= 15 is 0 Å². The minimum absolute atomic E-state index is 0.176. The normalized spacial score (nSPS) is 12.5. The number of carbonyl (C=O) groups excluding carboxylic acids is 1. The maximum Gasteiger partial charge on any atom is 0.244 e. The molecule has 1 amide bonds. The maximum absolute atomic E-state index is 14.0. The first-order valence-electron chi connectivity index (χ1n) is 9.52. The lowest BCUT2D eigenvalue weighted by molar-refractivity contribution is -0.122. The smallest absolute Gasteiger partial charge is 0.244 e. The van der Waals surface area contributed by atoms with Crippen LogP contribution in [0.25, 0.3) is 0 Å². The van der Waals surface area contributed by atoms with Crippen LogP contribution in [0.4, 0.5) is 4.39 Å². The summed E-state index contributed by atoms with van der Waals surface area (Å²) in [4.78, 5) is 12.2. The number of rotatable bonds is 11. The molecule has 0 fully saturated rings. The average molecular weight is 407 g/mol. The van der Waals surface area contributed by atoms with Gasteiger partial charge in [0.05, 0.1) is 0 Å². The molecule has 1 unspecified atom stereocenters. The van der Waals surface area contributed by atoms with E-state index in [1.807, 2.05) is 30.3 Å². The molecule has 2 rings (SSSR count). The van der Waals surface area contributed by atoms with Gasteiger partial charge in [-0.25, -0.2) is 12.8 Å². The molecule has 2 aromatic rings. The first kappa shape index (κ1) is 22.0. The van der Waals surface area contributed by atoms with Crippen LogP contribution in [0, 0.1) is 5.82 Å². The number of halogens is 1. The molecule has 0 saturated heterocycles. The lowest BCUT2D eigenvalue weighted by Crippen LogP contribution is -2.48. The highest BCUT2D eigenvalue weighted by Gasteiger charge is 2.27. The molecule has 5 nitrogen and oxygen atoms in total. The van der Waals surface area contributed by atoms with Gasteiger partial charge in [-0.05, 0) is 30.5 Å². The van der Waals surface area contributed by atoms with Gasteiger partial charge in [-0.2, -0.15) is 4.72 Å². The second kappa shape index (κ2) is 10.9. The lowest BCUT2D eigenvalue weighted by Gasteiger charge is -2.19. The van der Waals surface area contributed by atoms with Gasteiger partial charge >= 0.3 is 0 Å².